The average molecular weight is 181 g/mol. The van der Waals surface area contributed by atoms with Gasteiger partial charge in [-0.25, -0.2) is 0 Å². The third kappa shape index (κ3) is 6.79. The molecule has 0 amide bonds. The van der Waals surface area contributed by atoms with Crippen molar-refractivity contribution in [3.63, 3.8) is 0 Å². The molecule has 0 fully saturated rings. The van der Waals surface area contributed by atoms with Crippen LogP contribution in [0.4, 0.5) is 0 Å². The van der Waals surface area contributed by atoms with Gasteiger partial charge in [-0.3, -0.25) is 9.69 Å². The maximum atomic E-state index is 10.4. The topological polar surface area (TPSA) is 77.1 Å². The van der Waals surface area contributed by atoms with Gasteiger partial charge < -0.3 is 4.74 Å². The third-order valence-electron chi connectivity index (χ3n) is 1.30. The van der Waals surface area contributed by atoms with E-state index in [9.17, 15) is 4.79 Å². The molecule has 5 heteroatoms. The van der Waals surface area contributed by atoms with Crippen molar-refractivity contribution in [3.05, 3.63) is 0 Å². The molecule has 0 atom stereocenters. The molecule has 0 saturated carbocycles. The van der Waals surface area contributed by atoms with Gasteiger partial charge in [0.2, 0.25) is 0 Å². The van der Waals surface area contributed by atoms with Crippen molar-refractivity contribution in [2.75, 3.05) is 26.2 Å². The first-order chi connectivity index (χ1) is 6.20. The smallest absolute Gasteiger partial charge is 0.302 e. The summed E-state index contributed by atoms with van der Waals surface area (Å²) < 4.78 is 4.67. The first-order valence-corrected chi connectivity index (χ1v) is 3.80. The highest BCUT2D eigenvalue weighted by Crippen LogP contribution is 1.87. The van der Waals surface area contributed by atoms with Gasteiger partial charge in [0, 0.05) is 13.5 Å². The fraction of sp³-hybridized carbons (Fsp3) is 0.625. The molecule has 0 bridgehead atoms. The van der Waals surface area contributed by atoms with Gasteiger partial charge in [-0.05, 0) is 0 Å². The van der Waals surface area contributed by atoms with Crippen molar-refractivity contribution < 1.29 is 9.53 Å². The predicted octanol–water partition coefficient (Wildman–Crippen LogP) is -0.101. The molecule has 0 aliphatic carbocycles. The van der Waals surface area contributed by atoms with E-state index in [-0.39, 0.29) is 25.7 Å². The van der Waals surface area contributed by atoms with Crippen LogP contribution in [0.15, 0.2) is 0 Å². The first kappa shape index (κ1) is 11.4. The summed E-state index contributed by atoms with van der Waals surface area (Å²) >= 11 is 0. The predicted molar refractivity (Wildman–Crippen MR) is 44.3 cm³/mol. The van der Waals surface area contributed by atoms with Gasteiger partial charge in [-0.15, -0.1) is 0 Å². The van der Waals surface area contributed by atoms with Crippen molar-refractivity contribution in [3.8, 4) is 12.1 Å². The molecular weight excluding hydrogens is 170 g/mol. The average Bonchev–Trinajstić information content (AvgIpc) is 2.04. The van der Waals surface area contributed by atoms with Gasteiger partial charge in [0.15, 0.2) is 0 Å². The summed E-state index contributed by atoms with van der Waals surface area (Å²) in [7, 11) is 0. The van der Waals surface area contributed by atoms with E-state index in [1.165, 1.54) is 6.92 Å². The van der Waals surface area contributed by atoms with Crippen molar-refractivity contribution in [2.24, 2.45) is 0 Å². The van der Waals surface area contributed by atoms with Crippen LogP contribution >= 0.6 is 0 Å². The van der Waals surface area contributed by atoms with Crippen molar-refractivity contribution >= 4 is 5.97 Å². The lowest BCUT2D eigenvalue weighted by atomic mass is 10.5. The fourth-order valence-corrected chi connectivity index (χ4v) is 0.732. The molecule has 0 aliphatic rings. The highest BCUT2D eigenvalue weighted by atomic mass is 16.5. The number of nitriles is 2. The maximum absolute atomic E-state index is 10.4. The minimum absolute atomic E-state index is 0.175. The molecule has 0 N–H and O–H groups in total. The number of hydrogen-bond donors (Lipinski definition) is 0. The Morgan fingerprint density at radius 1 is 1.38 bits per heavy atom. The number of carbonyl (C=O) groups is 1. The molecule has 0 spiro atoms. The highest BCUT2D eigenvalue weighted by Gasteiger charge is 2.03. The zero-order chi connectivity index (χ0) is 10.1. The molecule has 0 aromatic rings. The third-order valence-corrected chi connectivity index (χ3v) is 1.30. The van der Waals surface area contributed by atoms with Gasteiger partial charge in [0.05, 0.1) is 25.2 Å². The fourth-order valence-electron chi connectivity index (χ4n) is 0.732. The second-order valence-corrected chi connectivity index (χ2v) is 2.37. The second-order valence-electron chi connectivity index (χ2n) is 2.37. The standard InChI is InChI=1S/C8H11N3O2/c1-8(12)13-7-6-11(4-2-9)5-3-10/h4-7H2,1H3. The van der Waals surface area contributed by atoms with Crippen LogP contribution in [0.25, 0.3) is 0 Å². The second kappa shape index (κ2) is 7.08. The molecule has 13 heavy (non-hydrogen) atoms. The number of hydrogen-bond acceptors (Lipinski definition) is 5. The normalized spacial score (nSPS) is 8.92. The summed E-state index contributed by atoms with van der Waals surface area (Å²) in [5.41, 5.74) is 0. The lowest BCUT2D eigenvalue weighted by Crippen LogP contribution is -2.28. The van der Waals surface area contributed by atoms with E-state index in [4.69, 9.17) is 10.5 Å². The van der Waals surface area contributed by atoms with E-state index < -0.39 is 0 Å². The molecule has 0 heterocycles. The van der Waals surface area contributed by atoms with Crippen LogP contribution in [0.3, 0.4) is 0 Å². The van der Waals surface area contributed by atoms with Gasteiger partial charge >= 0.3 is 5.97 Å². The summed E-state index contributed by atoms with van der Waals surface area (Å²) in [6.07, 6.45) is 0. The maximum Gasteiger partial charge on any atom is 0.302 e. The minimum atomic E-state index is -0.353. The Morgan fingerprint density at radius 3 is 2.31 bits per heavy atom. The van der Waals surface area contributed by atoms with Gasteiger partial charge in [0.25, 0.3) is 0 Å². The van der Waals surface area contributed by atoms with Crippen LogP contribution in [0, 0.1) is 22.7 Å². The van der Waals surface area contributed by atoms with Crippen molar-refractivity contribution in [2.45, 2.75) is 6.92 Å². The molecule has 70 valence electrons. The molecule has 0 aromatic carbocycles. The largest absolute Gasteiger partial charge is 0.465 e. The summed E-state index contributed by atoms with van der Waals surface area (Å²) in [5, 5.41) is 16.7. The quantitative estimate of drug-likeness (QED) is 0.437. The van der Waals surface area contributed by atoms with Crippen LogP contribution in [0.5, 0.6) is 0 Å². The molecule has 0 rings (SSSR count). The number of carbonyl (C=O) groups excluding carboxylic acids is 1. The molecule has 0 aliphatic heterocycles. The lowest BCUT2D eigenvalue weighted by Gasteiger charge is -2.13. The molecule has 0 unspecified atom stereocenters. The zero-order valence-corrected chi connectivity index (χ0v) is 7.49. The molecule has 0 radical (unpaired) electrons. The molecular formula is C8H11N3O2. The molecule has 0 aromatic heterocycles. The van der Waals surface area contributed by atoms with Gasteiger partial charge in [0.1, 0.15) is 6.61 Å². The SMILES string of the molecule is CC(=O)OCCN(CC#N)CC#N. The Bertz CT molecular complexity index is 223. The van der Waals surface area contributed by atoms with E-state index in [1.807, 2.05) is 12.1 Å². The lowest BCUT2D eigenvalue weighted by molar-refractivity contribution is -0.141. The van der Waals surface area contributed by atoms with E-state index in [1.54, 1.807) is 4.90 Å². The molecule has 0 saturated heterocycles. The summed E-state index contributed by atoms with van der Waals surface area (Å²) in [5.74, 6) is -0.353. The number of esters is 1. The number of ether oxygens (including phenoxy) is 1. The van der Waals surface area contributed by atoms with Gasteiger partial charge in [-0.2, -0.15) is 10.5 Å². The Labute approximate surface area is 77.1 Å². The first-order valence-electron chi connectivity index (χ1n) is 3.80. The zero-order valence-electron chi connectivity index (χ0n) is 7.49. The minimum Gasteiger partial charge on any atom is -0.465 e. The Balaban J connectivity index is 3.65. The van der Waals surface area contributed by atoms with Gasteiger partial charge in [-0.1, -0.05) is 0 Å². The molecule has 5 nitrogen and oxygen atoms in total. The van der Waals surface area contributed by atoms with Crippen LogP contribution in [-0.2, 0) is 9.53 Å². The van der Waals surface area contributed by atoms with E-state index in [2.05, 4.69) is 4.74 Å². The van der Waals surface area contributed by atoms with Crippen LogP contribution in [0.1, 0.15) is 6.92 Å². The Hall–Kier alpha value is -1.59. The monoisotopic (exact) mass is 181 g/mol. The number of nitrogens with zero attached hydrogens (tertiary/aromatic N) is 3. The van der Waals surface area contributed by atoms with E-state index in [0.717, 1.165) is 0 Å². The summed E-state index contributed by atoms with van der Waals surface area (Å²) in [6, 6.07) is 3.85. The summed E-state index contributed by atoms with van der Waals surface area (Å²) in [4.78, 5) is 12.0. The van der Waals surface area contributed by atoms with Crippen LogP contribution in [0.2, 0.25) is 0 Å². The van der Waals surface area contributed by atoms with Crippen molar-refractivity contribution in [1.82, 2.24) is 4.90 Å². The Morgan fingerprint density at radius 2 is 1.92 bits per heavy atom. The summed E-state index contributed by atoms with van der Waals surface area (Å²) in [6.45, 7) is 2.31. The van der Waals surface area contributed by atoms with E-state index in [0.29, 0.717) is 6.54 Å². The highest BCUT2D eigenvalue weighted by molar-refractivity contribution is 5.65. The van der Waals surface area contributed by atoms with Crippen LogP contribution < -0.4 is 0 Å². The Kier molecular flexibility index (Phi) is 6.21. The van der Waals surface area contributed by atoms with Crippen LogP contribution in [-0.4, -0.2) is 37.1 Å². The number of rotatable bonds is 5. The van der Waals surface area contributed by atoms with Crippen molar-refractivity contribution in [1.29, 1.82) is 10.5 Å². The van der Waals surface area contributed by atoms with E-state index >= 15 is 0 Å².